The van der Waals surface area contributed by atoms with E-state index in [9.17, 15) is 9.59 Å². The molecular weight excluding hydrogens is 350 g/mol. The second-order valence-electron chi connectivity index (χ2n) is 7.89. The van der Waals surface area contributed by atoms with Crippen molar-refractivity contribution in [3.63, 3.8) is 0 Å². The van der Waals surface area contributed by atoms with Gasteiger partial charge in [0.25, 0.3) is 0 Å². The summed E-state index contributed by atoms with van der Waals surface area (Å²) in [6.07, 6.45) is 4.95. The fourth-order valence-electron chi connectivity index (χ4n) is 3.22. The van der Waals surface area contributed by atoms with Crippen molar-refractivity contribution in [3.05, 3.63) is 47.8 Å². The molecule has 3 rings (SSSR count). The molecule has 28 heavy (non-hydrogen) atoms. The van der Waals surface area contributed by atoms with Gasteiger partial charge in [0, 0.05) is 23.7 Å². The van der Waals surface area contributed by atoms with Crippen LogP contribution in [-0.2, 0) is 11.2 Å². The van der Waals surface area contributed by atoms with Crippen LogP contribution in [0.3, 0.4) is 0 Å². The number of carbonyl (C=O) groups excluding carboxylic acids is 2. The van der Waals surface area contributed by atoms with Crippen LogP contribution < -0.4 is 5.32 Å². The zero-order valence-corrected chi connectivity index (χ0v) is 17.2. The second-order valence-corrected chi connectivity index (χ2v) is 7.89. The van der Waals surface area contributed by atoms with Crippen LogP contribution in [0.15, 0.2) is 36.5 Å². The molecule has 5 heteroatoms. The number of amides is 1. The number of aromatic nitrogens is 1. The number of rotatable bonds is 8. The van der Waals surface area contributed by atoms with E-state index in [1.165, 1.54) is 5.56 Å². The summed E-state index contributed by atoms with van der Waals surface area (Å²) in [6, 6.07) is 10.6. The molecule has 1 aromatic heterocycles. The summed E-state index contributed by atoms with van der Waals surface area (Å²) in [4.78, 5) is 31.7. The molecule has 1 heterocycles. The highest BCUT2D eigenvalue weighted by molar-refractivity contribution is 6.05. The Labute approximate surface area is 167 Å². The zero-order chi connectivity index (χ0) is 20.3. The molecule has 2 aromatic rings. The molecular formula is C23H29N3O2. The Morgan fingerprint density at radius 2 is 1.96 bits per heavy atom. The van der Waals surface area contributed by atoms with Gasteiger partial charge in [-0.2, -0.15) is 0 Å². The number of nitrogens with one attached hydrogen (secondary N) is 1. The SMILES string of the molecule is CCc1cccc(-c2cnc(C(=O)C(C)C)c(NC(=O)CN(C)C3CC3)c2)c1. The summed E-state index contributed by atoms with van der Waals surface area (Å²) in [5, 5.41) is 2.93. The Morgan fingerprint density at radius 3 is 2.61 bits per heavy atom. The van der Waals surface area contributed by atoms with Crippen molar-refractivity contribution in [1.82, 2.24) is 9.88 Å². The number of hydrogen-bond donors (Lipinski definition) is 1. The first-order valence-corrected chi connectivity index (χ1v) is 10.0. The first kappa shape index (κ1) is 20.2. The molecule has 0 atom stereocenters. The van der Waals surface area contributed by atoms with Crippen molar-refractivity contribution in [2.24, 2.45) is 5.92 Å². The number of benzene rings is 1. The predicted molar refractivity (Wildman–Crippen MR) is 113 cm³/mol. The minimum absolute atomic E-state index is 0.0697. The van der Waals surface area contributed by atoms with Gasteiger partial charge >= 0.3 is 0 Å². The molecule has 1 saturated carbocycles. The third-order valence-electron chi connectivity index (χ3n) is 5.15. The first-order valence-electron chi connectivity index (χ1n) is 10.0. The number of likely N-dealkylation sites (N-methyl/N-ethyl adjacent to an activating group) is 1. The van der Waals surface area contributed by atoms with Crippen LogP contribution in [0.4, 0.5) is 5.69 Å². The number of ketones is 1. The van der Waals surface area contributed by atoms with Gasteiger partial charge in [0.1, 0.15) is 5.69 Å². The maximum Gasteiger partial charge on any atom is 0.238 e. The summed E-state index contributed by atoms with van der Waals surface area (Å²) >= 11 is 0. The van der Waals surface area contributed by atoms with Crippen LogP contribution in [0.5, 0.6) is 0 Å². The van der Waals surface area contributed by atoms with E-state index in [0.29, 0.717) is 24.0 Å². The van der Waals surface area contributed by atoms with E-state index in [4.69, 9.17) is 0 Å². The summed E-state index contributed by atoms with van der Waals surface area (Å²) in [5.74, 6) is -0.375. The maximum absolute atomic E-state index is 12.6. The third kappa shape index (κ3) is 4.84. The number of nitrogens with zero attached hydrogens (tertiary/aromatic N) is 2. The second kappa shape index (κ2) is 8.65. The first-order chi connectivity index (χ1) is 13.4. The lowest BCUT2D eigenvalue weighted by molar-refractivity contribution is -0.117. The Balaban J connectivity index is 1.90. The van der Waals surface area contributed by atoms with E-state index in [-0.39, 0.29) is 17.6 Å². The van der Waals surface area contributed by atoms with E-state index in [1.807, 2.05) is 39.1 Å². The monoisotopic (exact) mass is 379 g/mol. The third-order valence-corrected chi connectivity index (χ3v) is 5.15. The van der Waals surface area contributed by atoms with E-state index >= 15 is 0 Å². The standard InChI is InChI=1S/C23H29N3O2/c1-5-16-7-6-8-17(11-16)18-12-20(22(24-13-18)23(28)15(2)3)25-21(27)14-26(4)19-9-10-19/h6-8,11-13,15,19H,5,9-10,14H2,1-4H3,(H,25,27). The molecule has 1 aliphatic rings. The molecule has 0 bridgehead atoms. The molecule has 1 N–H and O–H groups in total. The Bertz CT molecular complexity index is 872. The summed E-state index contributed by atoms with van der Waals surface area (Å²) in [5.41, 5.74) is 3.97. The lowest BCUT2D eigenvalue weighted by Gasteiger charge is -2.17. The van der Waals surface area contributed by atoms with Crippen LogP contribution in [0.2, 0.25) is 0 Å². The summed E-state index contributed by atoms with van der Waals surface area (Å²) in [6.45, 7) is 6.11. The van der Waals surface area contributed by atoms with Crippen LogP contribution in [0, 0.1) is 5.92 Å². The summed E-state index contributed by atoms with van der Waals surface area (Å²) < 4.78 is 0. The van der Waals surface area contributed by atoms with Gasteiger partial charge in [0.15, 0.2) is 5.78 Å². The number of pyridine rings is 1. The Hall–Kier alpha value is -2.53. The molecule has 5 nitrogen and oxygen atoms in total. The highest BCUT2D eigenvalue weighted by atomic mass is 16.2. The van der Waals surface area contributed by atoms with Crippen molar-refractivity contribution in [3.8, 4) is 11.1 Å². The number of hydrogen-bond acceptors (Lipinski definition) is 4. The lowest BCUT2D eigenvalue weighted by Crippen LogP contribution is -2.32. The predicted octanol–water partition coefficient (Wildman–Crippen LogP) is 4.18. The quantitative estimate of drug-likeness (QED) is 0.699. The van der Waals surface area contributed by atoms with Gasteiger partial charge in [-0.3, -0.25) is 19.5 Å². The number of carbonyl (C=O) groups is 2. The number of aryl methyl sites for hydroxylation is 1. The normalized spacial score (nSPS) is 13.8. The lowest BCUT2D eigenvalue weighted by atomic mass is 10.00. The number of Topliss-reactive ketones (excluding diaryl/α,β-unsaturated/α-hetero) is 1. The van der Waals surface area contributed by atoms with Crippen molar-refractivity contribution < 1.29 is 9.59 Å². The van der Waals surface area contributed by atoms with Crippen LogP contribution in [0.25, 0.3) is 11.1 Å². The fourth-order valence-corrected chi connectivity index (χ4v) is 3.22. The van der Waals surface area contributed by atoms with Gasteiger partial charge in [-0.25, -0.2) is 0 Å². The average Bonchev–Trinajstić information content (AvgIpc) is 3.52. The molecule has 1 fully saturated rings. The molecule has 1 amide bonds. The fraction of sp³-hybridized carbons (Fsp3) is 0.435. The van der Waals surface area contributed by atoms with Crippen molar-refractivity contribution in [2.75, 3.05) is 18.9 Å². The van der Waals surface area contributed by atoms with Gasteiger partial charge < -0.3 is 5.32 Å². The molecule has 1 aromatic carbocycles. The van der Waals surface area contributed by atoms with Crippen LogP contribution in [-0.4, -0.2) is 41.2 Å². The molecule has 0 aliphatic heterocycles. The number of anilines is 1. The van der Waals surface area contributed by atoms with Gasteiger partial charge in [-0.05, 0) is 43.5 Å². The highest BCUT2D eigenvalue weighted by Gasteiger charge is 2.27. The van der Waals surface area contributed by atoms with E-state index in [0.717, 1.165) is 30.4 Å². The van der Waals surface area contributed by atoms with Gasteiger partial charge in [-0.1, -0.05) is 45.0 Å². The Kier molecular flexibility index (Phi) is 6.25. The summed E-state index contributed by atoms with van der Waals surface area (Å²) in [7, 11) is 1.96. The van der Waals surface area contributed by atoms with Crippen molar-refractivity contribution in [1.29, 1.82) is 0 Å². The van der Waals surface area contributed by atoms with Crippen LogP contribution in [0.1, 0.15) is 49.7 Å². The van der Waals surface area contributed by atoms with Gasteiger partial charge in [-0.15, -0.1) is 0 Å². The Morgan fingerprint density at radius 1 is 1.21 bits per heavy atom. The molecule has 148 valence electrons. The molecule has 0 radical (unpaired) electrons. The minimum Gasteiger partial charge on any atom is -0.323 e. The van der Waals surface area contributed by atoms with Gasteiger partial charge in [0.2, 0.25) is 5.91 Å². The van der Waals surface area contributed by atoms with Gasteiger partial charge in [0.05, 0.1) is 12.2 Å². The average molecular weight is 380 g/mol. The molecule has 0 saturated heterocycles. The minimum atomic E-state index is -0.188. The topological polar surface area (TPSA) is 62.3 Å². The van der Waals surface area contributed by atoms with Crippen LogP contribution >= 0.6 is 0 Å². The largest absolute Gasteiger partial charge is 0.323 e. The van der Waals surface area contributed by atoms with Crippen molar-refractivity contribution in [2.45, 2.75) is 46.1 Å². The zero-order valence-electron chi connectivity index (χ0n) is 17.2. The van der Waals surface area contributed by atoms with E-state index in [1.54, 1.807) is 6.20 Å². The molecule has 0 unspecified atom stereocenters. The highest BCUT2D eigenvalue weighted by Crippen LogP contribution is 2.27. The van der Waals surface area contributed by atoms with E-state index in [2.05, 4.69) is 34.3 Å². The molecule has 0 spiro atoms. The van der Waals surface area contributed by atoms with E-state index < -0.39 is 0 Å². The maximum atomic E-state index is 12.6. The smallest absolute Gasteiger partial charge is 0.238 e. The molecule has 1 aliphatic carbocycles. The van der Waals surface area contributed by atoms with Crippen molar-refractivity contribution >= 4 is 17.4 Å².